The summed E-state index contributed by atoms with van der Waals surface area (Å²) in [5.41, 5.74) is 3.01. The van der Waals surface area contributed by atoms with Gasteiger partial charge in [-0.25, -0.2) is 0 Å². The lowest BCUT2D eigenvalue weighted by molar-refractivity contribution is -0.117. The van der Waals surface area contributed by atoms with E-state index in [1.54, 1.807) is 27.4 Å². The number of aromatic nitrogens is 1. The van der Waals surface area contributed by atoms with Crippen molar-refractivity contribution in [1.29, 1.82) is 0 Å². The second-order valence-electron chi connectivity index (χ2n) is 6.36. The number of carbonyl (C=O) groups excluding carboxylic acids is 1. The van der Waals surface area contributed by atoms with E-state index in [9.17, 15) is 4.79 Å². The topological polar surface area (TPSA) is 62.1 Å². The molecule has 0 fully saturated rings. The molecule has 1 aromatic heterocycles. The number of methoxy groups -OCH3 is 3. The third kappa shape index (κ3) is 4.43. The van der Waals surface area contributed by atoms with Crippen molar-refractivity contribution in [2.24, 2.45) is 4.99 Å². The van der Waals surface area contributed by atoms with Crippen LogP contribution in [0.3, 0.4) is 0 Å². The Morgan fingerprint density at radius 1 is 1.11 bits per heavy atom. The molecule has 0 N–H and O–H groups in total. The van der Waals surface area contributed by atoms with Crippen molar-refractivity contribution in [3.63, 3.8) is 0 Å². The number of fused-ring (bicyclic) bond motifs is 1. The largest absolute Gasteiger partial charge is 0.497 e. The highest BCUT2D eigenvalue weighted by Crippen LogP contribution is 2.25. The summed E-state index contributed by atoms with van der Waals surface area (Å²) in [5.74, 6) is 1.07. The fraction of sp³-hybridized carbons (Fsp3) is 0.333. The molecular weight excluding hydrogens is 376 g/mol. The minimum atomic E-state index is -0.224. The highest BCUT2D eigenvalue weighted by Gasteiger charge is 2.12. The van der Waals surface area contributed by atoms with Gasteiger partial charge in [0.2, 0.25) is 0 Å². The molecule has 3 rings (SSSR count). The maximum absolute atomic E-state index is 12.7. The highest BCUT2D eigenvalue weighted by atomic mass is 32.1. The van der Waals surface area contributed by atoms with Gasteiger partial charge in [0.05, 0.1) is 37.5 Å². The molecule has 0 radical (unpaired) electrons. The van der Waals surface area contributed by atoms with Crippen LogP contribution in [0, 0.1) is 6.92 Å². The van der Waals surface area contributed by atoms with E-state index in [4.69, 9.17) is 14.2 Å². The Kier molecular flexibility index (Phi) is 6.49. The van der Waals surface area contributed by atoms with Gasteiger partial charge in [-0.05, 0) is 30.7 Å². The molecule has 0 unspecified atom stereocenters. The molecule has 2 aromatic carbocycles. The van der Waals surface area contributed by atoms with Gasteiger partial charge in [0.15, 0.2) is 4.80 Å². The van der Waals surface area contributed by atoms with Crippen LogP contribution in [0.25, 0.3) is 10.2 Å². The van der Waals surface area contributed by atoms with Crippen molar-refractivity contribution in [3.05, 3.63) is 52.3 Å². The van der Waals surface area contributed by atoms with Gasteiger partial charge in [0, 0.05) is 25.3 Å². The quantitative estimate of drug-likeness (QED) is 0.610. The Bertz CT molecular complexity index is 1050. The summed E-state index contributed by atoms with van der Waals surface area (Å²) in [6, 6.07) is 11.6. The second-order valence-corrected chi connectivity index (χ2v) is 7.37. The smallest absolute Gasteiger partial charge is 0.252 e. The van der Waals surface area contributed by atoms with Crippen molar-refractivity contribution in [2.75, 3.05) is 27.9 Å². The van der Waals surface area contributed by atoms with Crippen molar-refractivity contribution < 1.29 is 19.0 Å². The van der Waals surface area contributed by atoms with Crippen molar-refractivity contribution in [1.82, 2.24) is 4.57 Å². The average molecular weight is 401 g/mol. The number of amides is 1. The fourth-order valence-electron chi connectivity index (χ4n) is 2.97. The van der Waals surface area contributed by atoms with Crippen molar-refractivity contribution in [3.8, 4) is 11.5 Å². The monoisotopic (exact) mass is 400 g/mol. The van der Waals surface area contributed by atoms with Crippen LogP contribution < -0.4 is 14.3 Å². The van der Waals surface area contributed by atoms with E-state index in [1.807, 2.05) is 16.7 Å². The number of aryl methyl sites for hydroxylation is 1. The van der Waals surface area contributed by atoms with E-state index in [0.29, 0.717) is 29.5 Å². The van der Waals surface area contributed by atoms with E-state index >= 15 is 0 Å². The molecule has 3 aromatic rings. The molecule has 0 atom stereocenters. The van der Waals surface area contributed by atoms with Crippen LogP contribution in [0.4, 0.5) is 0 Å². The van der Waals surface area contributed by atoms with Crippen molar-refractivity contribution >= 4 is 27.5 Å². The normalized spacial score (nSPS) is 11.8. The zero-order valence-corrected chi connectivity index (χ0v) is 17.3. The summed E-state index contributed by atoms with van der Waals surface area (Å²) in [6.07, 6.45) is 0.157. The van der Waals surface area contributed by atoms with Crippen LogP contribution >= 0.6 is 11.3 Å². The maximum atomic E-state index is 12.7. The molecule has 1 heterocycles. The van der Waals surface area contributed by atoms with Gasteiger partial charge in [0.1, 0.15) is 11.5 Å². The molecule has 0 spiro atoms. The maximum Gasteiger partial charge on any atom is 0.252 e. The Morgan fingerprint density at radius 2 is 1.93 bits per heavy atom. The number of benzene rings is 2. The van der Waals surface area contributed by atoms with Gasteiger partial charge in [-0.3, -0.25) is 4.79 Å². The molecule has 0 saturated carbocycles. The summed E-state index contributed by atoms with van der Waals surface area (Å²) in [7, 11) is 4.83. The Morgan fingerprint density at radius 3 is 2.64 bits per heavy atom. The van der Waals surface area contributed by atoms with Gasteiger partial charge in [-0.1, -0.05) is 23.5 Å². The molecule has 1 amide bonds. The standard InChI is InChI=1S/C21H24N2O4S/c1-14-5-8-17-19(11-14)28-21(23(17)9-10-25-2)22-20(24)12-15-6-7-16(26-3)13-18(15)27-4/h5-8,11,13H,9-10,12H2,1-4H3. The third-order valence-electron chi connectivity index (χ3n) is 4.41. The van der Waals surface area contributed by atoms with Crippen LogP contribution in [-0.2, 0) is 22.5 Å². The summed E-state index contributed by atoms with van der Waals surface area (Å²) in [4.78, 5) is 17.8. The number of nitrogens with zero attached hydrogens (tertiary/aromatic N) is 2. The number of thiazole rings is 1. The summed E-state index contributed by atoms with van der Waals surface area (Å²) < 4.78 is 19.0. The molecule has 148 valence electrons. The zero-order valence-electron chi connectivity index (χ0n) is 16.5. The second kappa shape index (κ2) is 9.03. The SMILES string of the molecule is COCCn1c(=NC(=O)Cc2ccc(OC)cc2OC)sc2cc(C)ccc21. The van der Waals surface area contributed by atoms with Gasteiger partial charge in [-0.15, -0.1) is 0 Å². The van der Waals surface area contributed by atoms with Gasteiger partial charge in [-0.2, -0.15) is 4.99 Å². The zero-order chi connectivity index (χ0) is 20.1. The lowest BCUT2D eigenvalue weighted by Gasteiger charge is -2.09. The highest BCUT2D eigenvalue weighted by molar-refractivity contribution is 7.16. The van der Waals surface area contributed by atoms with Crippen LogP contribution in [0.1, 0.15) is 11.1 Å². The molecular formula is C21H24N2O4S. The van der Waals surface area contributed by atoms with E-state index in [1.165, 1.54) is 16.9 Å². The lowest BCUT2D eigenvalue weighted by Crippen LogP contribution is -2.19. The molecule has 7 heteroatoms. The minimum absolute atomic E-state index is 0.157. The first-order valence-electron chi connectivity index (χ1n) is 8.93. The Balaban J connectivity index is 1.96. The van der Waals surface area contributed by atoms with Crippen LogP contribution in [-0.4, -0.2) is 38.4 Å². The van der Waals surface area contributed by atoms with E-state index in [0.717, 1.165) is 15.8 Å². The molecule has 0 bridgehead atoms. The minimum Gasteiger partial charge on any atom is -0.497 e. The molecule has 0 aliphatic carbocycles. The summed E-state index contributed by atoms with van der Waals surface area (Å²) >= 11 is 1.51. The number of carbonyl (C=O) groups is 1. The van der Waals surface area contributed by atoms with E-state index in [2.05, 4.69) is 30.1 Å². The van der Waals surface area contributed by atoms with Gasteiger partial charge >= 0.3 is 0 Å². The van der Waals surface area contributed by atoms with E-state index < -0.39 is 0 Å². The first kappa shape index (κ1) is 20.1. The summed E-state index contributed by atoms with van der Waals surface area (Å²) in [6.45, 7) is 3.24. The predicted molar refractivity (Wildman–Crippen MR) is 110 cm³/mol. The van der Waals surface area contributed by atoms with Gasteiger partial charge in [0.25, 0.3) is 5.91 Å². The van der Waals surface area contributed by atoms with Crippen LogP contribution in [0.5, 0.6) is 11.5 Å². The van der Waals surface area contributed by atoms with Crippen LogP contribution in [0.15, 0.2) is 41.4 Å². The Hall–Kier alpha value is -2.64. The van der Waals surface area contributed by atoms with Gasteiger partial charge < -0.3 is 18.8 Å². The third-order valence-corrected chi connectivity index (χ3v) is 5.45. The average Bonchev–Trinajstić information content (AvgIpc) is 3.02. The number of hydrogen-bond donors (Lipinski definition) is 0. The fourth-order valence-corrected chi connectivity index (χ4v) is 4.14. The first-order chi connectivity index (χ1) is 13.5. The predicted octanol–water partition coefficient (Wildman–Crippen LogP) is 3.34. The number of ether oxygens (including phenoxy) is 3. The first-order valence-corrected chi connectivity index (χ1v) is 9.74. The molecule has 6 nitrogen and oxygen atoms in total. The van der Waals surface area contributed by atoms with E-state index in [-0.39, 0.29) is 12.3 Å². The van der Waals surface area contributed by atoms with Crippen LogP contribution in [0.2, 0.25) is 0 Å². The summed E-state index contributed by atoms with van der Waals surface area (Å²) in [5, 5.41) is 0. The molecule has 0 aliphatic heterocycles. The lowest BCUT2D eigenvalue weighted by atomic mass is 10.1. The molecule has 28 heavy (non-hydrogen) atoms. The molecule has 0 saturated heterocycles. The molecule has 0 aliphatic rings. The number of rotatable bonds is 7. The van der Waals surface area contributed by atoms with Crippen molar-refractivity contribution in [2.45, 2.75) is 19.9 Å². The number of hydrogen-bond acceptors (Lipinski definition) is 5. The Labute approximate surface area is 168 Å².